The molecule has 1 aliphatic carbocycles. The Kier molecular flexibility index (Phi) is 5.80. The van der Waals surface area contributed by atoms with Crippen molar-refractivity contribution in [1.82, 2.24) is 19.1 Å². The number of aryl methyl sites for hydroxylation is 1. The number of aliphatic hydroxyl groups excluding tert-OH is 1. The first-order valence-corrected chi connectivity index (χ1v) is 13.0. The summed E-state index contributed by atoms with van der Waals surface area (Å²) in [6, 6.07) is 8.92. The molecule has 0 saturated carbocycles. The summed E-state index contributed by atoms with van der Waals surface area (Å²) in [4.78, 5) is 37.0. The normalized spacial score (nSPS) is 15.8. The third kappa shape index (κ3) is 4.26. The van der Waals surface area contributed by atoms with E-state index in [1.807, 2.05) is 6.07 Å². The number of aromatic nitrogens is 4. The topological polar surface area (TPSA) is 131 Å². The van der Waals surface area contributed by atoms with Gasteiger partial charge < -0.3 is 25.3 Å². The zero-order valence-corrected chi connectivity index (χ0v) is 22.2. The fraction of sp³-hybridized carbons (Fsp3) is 0.310. The number of nitrogen functional groups attached to an aromatic ring is 1. The summed E-state index contributed by atoms with van der Waals surface area (Å²) in [6.45, 7) is 5.32. The minimum Gasteiger partial charge on any atom is -0.397 e. The van der Waals surface area contributed by atoms with Crippen LogP contribution in [0.5, 0.6) is 0 Å². The number of nitrogens with two attached hydrogens (primary N) is 1. The average Bonchev–Trinajstić information content (AvgIpc) is 3.40. The molecule has 0 radical (unpaired) electrons. The lowest BCUT2D eigenvalue weighted by Gasteiger charge is -2.31. The molecule has 10 heteroatoms. The fourth-order valence-corrected chi connectivity index (χ4v) is 5.82. The zero-order valence-electron chi connectivity index (χ0n) is 22.2. The largest absolute Gasteiger partial charge is 0.397 e. The standard InChI is InChI=1S/C29H31N7O3/c1-29(2)12-17-11-23-28(39)36(9-8-35(23)24(17)13-29)26-21(16-37)20(6-7-31-26)18-10-22(27(38)34(3)15-18)33-25-5-4-19(30)14-32-25/h4-7,10-11,14-15,37H,8-9,12-13,16,30H2,1-3H3,(H,32,33). The highest BCUT2D eigenvalue weighted by Gasteiger charge is 2.37. The number of nitrogens with zero attached hydrogens (tertiary/aromatic N) is 5. The van der Waals surface area contributed by atoms with Crippen LogP contribution in [0.4, 0.5) is 23.0 Å². The number of pyridine rings is 3. The van der Waals surface area contributed by atoms with E-state index in [9.17, 15) is 14.7 Å². The first-order valence-electron chi connectivity index (χ1n) is 13.0. The lowest BCUT2D eigenvalue weighted by Crippen LogP contribution is -2.41. The predicted octanol–water partition coefficient (Wildman–Crippen LogP) is 3.25. The van der Waals surface area contributed by atoms with Crippen LogP contribution < -0.4 is 21.5 Å². The Labute approximate surface area is 225 Å². The van der Waals surface area contributed by atoms with E-state index in [0.29, 0.717) is 58.5 Å². The van der Waals surface area contributed by atoms with Gasteiger partial charge >= 0.3 is 0 Å². The lowest BCUT2D eigenvalue weighted by atomic mass is 9.90. The van der Waals surface area contributed by atoms with E-state index in [4.69, 9.17) is 5.73 Å². The number of rotatable bonds is 5. The molecular formula is C29H31N7O3. The first kappa shape index (κ1) is 24.9. The number of anilines is 4. The van der Waals surface area contributed by atoms with Crippen molar-refractivity contribution in [3.63, 3.8) is 0 Å². The van der Waals surface area contributed by atoms with Gasteiger partial charge in [-0.25, -0.2) is 9.97 Å². The first-order chi connectivity index (χ1) is 18.6. The molecule has 39 heavy (non-hydrogen) atoms. The van der Waals surface area contributed by atoms with Crippen molar-refractivity contribution < 1.29 is 9.90 Å². The highest BCUT2D eigenvalue weighted by molar-refractivity contribution is 6.06. The van der Waals surface area contributed by atoms with Gasteiger partial charge in [0.2, 0.25) is 0 Å². The maximum absolute atomic E-state index is 13.7. The van der Waals surface area contributed by atoms with Gasteiger partial charge in [0.05, 0.1) is 18.5 Å². The van der Waals surface area contributed by atoms with E-state index in [0.717, 1.165) is 12.8 Å². The van der Waals surface area contributed by atoms with Crippen molar-refractivity contribution in [2.24, 2.45) is 12.5 Å². The molecule has 1 amide bonds. The second-order valence-corrected chi connectivity index (χ2v) is 11.1. The molecule has 2 aliphatic rings. The van der Waals surface area contributed by atoms with Crippen LogP contribution in [0.3, 0.4) is 0 Å². The van der Waals surface area contributed by atoms with Crippen molar-refractivity contribution in [3.8, 4) is 11.1 Å². The monoisotopic (exact) mass is 525 g/mol. The summed E-state index contributed by atoms with van der Waals surface area (Å²) in [7, 11) is 1.66. The SMILES string of the molecule is Cn1cc(-c2ccnc(N3CCn4c(cc5c4CC(C)(C)C5)C3=O)c2CO)cc(Nc2ccc(N)cn2)c1=O. The number of nitrogens with one attached hydrogen (secondary N) is 1. The Hall–Kier alpha value is -4.44. The third-order valence-corrected chi connectivity index (χ3v) is 7.61. The van der Waals surface area contributed by atoms with E-state index < -0.39 is 0 Å². The van der Waals surface area contributed by atoms with Gasteiger partial charge in [-0.1, -0.05) is 13.8 Å². The summed E-state index contributed by atoms with van der Waals surface area (Å²) in [5.41, 5.74) is 11.6. The van der Waals surface area contributed by atoms with Gasteiger partial charge in [-0.3, -0.25) is 14.5 Å². The van der Waals surface area contributed by atoms with Crippen LogP contribution in [0.2, 0.25) is 0 Å². The maximum atomic E-state index is 13.7. The number of carbonyl (C=O) groups is 1. The molecule has 4 aromatic heterocycles. The van der Waals surface area contributed by atoms with Gasteiger partial charge in [-0.05, 0) is 59.7 Å². The van der Waals surface area contributed by atoms with Crippen molar-refractivity contribution in [2.75, 3.05) is 22.5 Å². The van der Waals surface area contributed by atoms with Crippen LogP contribution in [0.1, 0.15) is 41.2 Å². The van der Waals surface area contributed by atoms with Crippen LogP contribution in [0.15, 0.2) is 53.7 Å². The average molecular weight is 526 g/mol. The highest BCUT2D eigenvalue weighted by Crippen LogP contribution is 2.40. The van der Waals surface area contributed by atoms with Gasteiger partial charge in [0.1, 0.15) is 23.0 Å². The minimum atomic E-state index is -0.320. The number of aliphatic hydroxyl groups is 1. The molecule has 0 saturated heterocycles. The van der Waals surface area contributed by atoms with E-state index in [2.05, 4.69) is 33.7 Å². The molecule has 1 aliphatic heterocycles. The molecular weight excluding hydrogens is 494 g/mol. The smallest absolute Gasteiger partial charge is 0.276 e. The van der Waals surface area contributed by atoms with Crippen molar-refractivity contribution in [2.45, 2.75) is 39.8 Å². The molecule has 0 atom stereocenters. The van der Waals surface area contributed by atoms with Gasteiger partial charge in [-0.2, -0.15) is 0 Å². The fourth-order valence-electron chi connectivity index (χ4n) is 5.82. The zero-order chi connectivity index (χ0) is 27.5. The molecule has 0 bridgehead atoms. The van der Waals surface area contributed by atoms with E-state index >= 15 is 0 Å². The molecule has 4 aromatic rings. The lowest BCUT2D eigenvalue weighted by molar-refractivity contribution is 0.0962. The van der Waals surface area contributed by atoms with Crippen LogP contribution in [0.25, 0.3) is 11.1 Å². The van der Waals surface area contributed by atoms with Crippen LogP contribution in [-0.2, 0) is 33.0 Å². The number of carbonyl (C=O) groups excluding carboxylic acids is 1. The highest BCUT2D eigenvalue weighted by atomic mass is 16.3. The molecule has 200 valence electrons. The second-order valence-electron chi connectivity index (χ2n) is 11.1. The number of amides is 1. The minimum absolute atomic E-state index is 0.120. The van der Waals surface area contributed by atoms with Crippen LogP contribution in [-0.4, -0.2) is 36.7 Å². The molecule has 0 unspecified atom stereocenters. The van der Waals surface area contributed by atoms with E-state index in [1.54, 1.807) is 48.6 Å². The summed E-state index contributed by atoms with van der Waals surface area (Å²) >= 11 is 0. The molecule has 5 heterocycles. The maximum Gasteiger partial charge on any atom is 0.276 e. The number of hydrogen-bond acceptors (Lipinski definition) is 7. The predicted molar refractivity (Wildman–Crippen MR) is 150 cm³/mol. The number of hydrogen-bond donors (Lipinski definition) is 3. The molecule has 4 N–H and O–H groups in total. The second kappa shape index (κ2) is 9.09. The summed E-state index contributed by atoms with van der Waals surface area (Å²) in [5, 5.41) is 13.6. The Morgan fingerprint density at radius 2 is 1.92 bits per heavy atom. The number of fused-ring (bicyclic) bond motifs is 3. The van der Waals surface area contributed by atoms with Crippen molar-refractivity contribution in [3.05, 3.63) is 81.8 Å². The van der Waals surface area contributed by atoms with Gasteiger partial charge in [0, 0.05) is 49.4 Å². The quantitative estimate of drug-likeness (QED) is 0.365. The molecule has 10 nitrogen and oxygen atoms in total. The van der Waals surface area contributed by atoms with Gasteiger partial charge in [0.25, 0.3) is 11.5 Å². The Bertz CT molecular complexity index is 1670. The summed E-state index contributed by atoms with van der Waals surface area (Å²) in [5.74, 6) is 0.787. The Morgan fingerprint density at radius 3 is 2.67 bits per heavy atom. The van der Waals surface area contributed by atoms with Gasteiger partial charge in [-0.15, -0.1) is 0 Å². The van der Waals surface area contributed by atoms with E-state index in [-0.39, 0.29) is 23.5 Å². The molecule has 0 aromatic carbocycles. The summed E-state index contributed by atoms with van der Waals surface area (Å²) in [6.07, 6.45) is 6.77. The van der Waals surface area contributed by atoms with Gasteiger partial charge in [0.15, 0.2) is 0 Å². The summed E-state index contributed by atoms with van der Waals surface area (Å²) < 4.78 is 3.62. The van der Waals surface area contributed by atoms with Crippen molar-refractivity contribution in [1.29, 1.82) is 0 Å². The third-order valence-electron chi connectivity index (χ3n) is 7.61. The Balaban J connectivity index is 1.37. The molecule has 6 rings (SSSR count). The molecule has 0 fully saturated rings. The van der Waals surface area contributed by atoms with Crippen LogP contribution >= 0.6 is 0 Å². The van der Waals surface area contributed by atoms with Crippen LogP contribution in [0, 0.1) is 5.41 Å². The van der Waals surface area contributed by atoms with E-state index in [1.165, 1.54) is 22.0 Å². The molecule has 0 spiro atoms. The Morgan fingerprint density at radius 1 is 1.10 bits per heavy atom. The van der Waals surface area contributed by atoms with Crippen molar-refractivity contribution >= 4 is 28.9 Å².